The standard InChI is InChI=1S/C20H27N5O/c1-21-20(26)18-9-10-19(24-23-18)22-14-16-7-6-8-17(13-16)15-25-11-4-2-3-5-12-25/h6-10,13H,2-5,11-12,14-15H2,1H3,(H,21,26)(H,22,24). The molecule has 1 aromatic heterocycles. The molecule has 138 valence electrons. The fraction of sp³-hybridized carbons (Fsp3) is 0.450. The number of anilines is 1. The number of nitrogens with one attached hydrogen (secondary N) is 2. The molecule has 1 aliphatic rings. The van der Waals surface area contributed by atoms with Gasteiger partial charge in [0.05, 0.1) is 0 Å². The van der Waals surface area contributed by atoms with E-state index < -0.39 is 0 Å². The van der Waals surface area contributed by atoms with Crippen molar-refractivity contribution in [3.8, 4) is 0 Å². The first-order valence-electron chi connectivity index (χ1n) is 9.34. The Kier molecular flexibility index (Phi) is 6.55. The van der Waals surface area contributed by atoms with E-state index in [1.54, 1.807) is 19.2 Å². The number of aromatic nitrogens is 2. The lowest BCUT2D eigenvalue weighted by molar-refractivity contribution is 0.0957. The number of amides is 1. The summed E-state index contributed by atoms with van der Waals surface area (Å²) in [5.74, 6) is 0.431. The molecule has 1 fully saturated rings. The summed E-state index contributed by atoms with van der Waals surface area (Å²) < 4.78 is 0. The average molecular weight is 353 g/mol. The predicted molar refractivity (Wildman–Crippen MR) is 103 cm³/mol. The monoisotopic (exact) mass is 353 g/mol. The second kappa shape index (κ2) is 9.29. The molecular formula is C20H27N5O. The Morgan fingerprint density at radius 3 is 2.50 bits per heavy atom. The maximum atomic E-state index is 11.5. The lowest BCUT2D eigenvalue weighted by Crippen LogP contribution is -2.24. The van der Waals surface area contributed by atoms with Gasteiger partial charge in [0.1, 0.15) is 5.82 Å². The van der Waals surface area contributed by atoms with Gasteiger partial charge in [-0.3, -0.25) is 9.69 Å². The lowest BCUT2D eigenvalue weighted by Gasteiger charge is -2.20. The largest absolute Gasteiger partial charge is 0.365 e. The van der Waals surface area contributed by atoms with Crippen LogP contribution < -0.4 is 10.6 Å². The van der Waals surface area contributed by atoms with E-state index in [1.165, 1.54) is 49.9 Å². The Bertz CT molecular complexity index is 708. The van der Waals surface area contributed by atoms with Crippen LogP contribution in [0.25, 0.3) is 0 Å². The molecule has 2 N–H and O–H groups in total. The van der Waals surface area contributed by atoms with E-state index in [9.17, 15) is 4.79 Å². The molecular weight excluding hydrogens is 326 g/mol. The van der Waals surface area contributed by atoms with Gasteiger partial charge < -0.3 is 10.6 Å². The van der Waals surface area contributed by atoms with Gasteiger partial charge in [-0.1, -0.05) is 37.1 Å². The first kappa shape index (κ1) is 18.3. The minimum Gasteiger partial charge on any atom is -0.365 e. The summed E-state index contributed by atoms with van der Waals surface area (Å²) in [7, 11) is 1.58. The van der Waals surface area contributed by atoms with E-state index in [0.29, 0.717) is 18.1 Å². The summed E-state index contributed by atoms with van der Waals surface area (Å²) >= 11 is 0. The molecule has 0 unspecified atom stereocenters. The van der Waals surface area contributed by atoms with Gasteiger partial charge in [-0.2, -0.15) is 0 Å². The molecule has 0 bridgehead atoms. The summed E-state index contributed by atoms with van der Waals surface area (Å²) in [5, 5.41) is 13.8. The van der Waals surface area contributed by atoms with Gasteiger partial charge in [-0.15, -0.1) is 10.2 Å². The molecule has 0 atom stereocenters. The van der Waals surface area contributed by atoms with Gasteiger partial charge in [0.2, 0.25) is 0 Å². The normalized spacial score (nSPS) is 15.3. The summed E-state index contributed by atoms with van der Waals surface area (Å²) in [5.41, 5.74) is 2.89. The Hall–Kier alpha value is -2.47. The number of nitrogens with zero attached hydrogens (tertiary/aromatic N) is 3. The summed E-state index contributed by atoms with van der Waals surface area (Å²) in [4.78, 5) is 14.0. The summed E-state index contributed by atoms with van der Waals surface area (Å²) in [6.45, 7) is 4.11. The number of carbonyl (C=O) groups excluding carboxylic acids is 1. The third-order valence-electron chi connectivity index (χ3n) is 4.69. The van der Waals surface area contributed by atoms with Crippen LogP contribution in [0.5, 0.6) is 0 Å². The minimum absolute atomic E-state index is 0.231. The van der Waals surface area contributed by atoms with Crippen molar-refractivity contribution in [2.45, 2.75) is 38.8 Å². The van der Waals surface area contributed by atoms with Crippen LogP contribution in [0.1, 0.15) is 47.3 Å². The average Bonchev–Trinajstić information content (AvgIpc) is 2.95. The zero-order chi connectivity index (χ0) is 18.2. The number of carbonyl (C=O) groups is 1. The highest BCUT2D eigenvalue weighted by atomic mass is 16.1. The van der Waals surface area contributed by atoms with Gasteiger partial charge in [0, 0.05) is 20.1 Å². The van der Waals surface area contributed by atoms with Crippen molar-refractivity contribution in [1.82, 2.24) is 20.4 Å². The molecule has 1 saturated heterocycles. The van der Waals surface area contributed by atoms with E-state index in [2.05, 4.69) is 50.0 Å². The number of benzene rings is 1. The Morgan fingerprint density at radius 1 is 1.04 bits per heavy atom. The fourth-order valence-corrected chi connectivity index (χ4v) is 3.26. The molecule has 0 saturated carbocycles. The highest BCUT2D eigenvalue weighted by molar-refractivity contribution is 5.91. The van der Waals surface area contributed by atoms with Crippen molar-refractivity contribution in [2.75, 3.05) is 25.5 Å². The number of hydrogen-bond acceptors (Lipinski definition) is 5. The fourth-order valence-electron chi connectivity index (χ4n) is 3.26. The van der Waals surface area contributed by atoms with Crippen LogP contribution >= 0.6 is 0 Å². The molecule has 1 aliphatic heterocycles. The predicted octanol–water partition coefficient (Wildman–Crippen LogP) is 2.82. The van der Waals surface area contributed by atoms with Crippen LogP contribution in [0.15, 0.2) is 36.4 Å². The van der Waals surface area contributed by atoms with Gasteiger partial charge in [0.25, 0.3) is 5.91 Å². The summed E-state index contributed by atoms with van der Waals surface area (Å²) in [6, 6.07) is 12.1. The van der Waals surface area contributed by atoms with Crippen LogP contribution in [0.2, 0.25) is 0 Å². The van der Waals surface area contributed by atoms with E-state index in [4.69, 9.17) is 0 Å². The van der Waals surface area contributed by atoms with Crippen molar-refractivity contribution < 1.29 is 4.79 Å². The zero-order valence-corrected chi connectivity index (χ0v) is 15.4. The molecule has 6 nitrogen and oxygen atoms in total. The van der Waals surface area contributed by atoms with E-state index >= 15 is 0 Å². The Balaban J connectivity index is 1.55. The number of likely N-dealkylation sites (tertiary alicyclic amines) is 1. The second-order valence-corrected chi connectivity index (χ2v) is 6.75. The topological polar surface area (TPSA) is 70.2 Å². The van der Waals surface area contributed by atoms with Crippen LogP contribution in [0.3, 0.4) is 0 Å². The molecule has 6 heteroatoms. The number of hydrogen-bond donors (Lipinski definition) is 2. The zero-order valence-electron chi connectivity index (χ0n) is 15.4. The van der Waals surface area contributed by atoms with Crippen LogP contribution in [-0.2, 0) is 13.1 Å². The highest BCUT2D eigenvalue weighted by Crippen LogP contribution is 2.15. The SMILES string of the molecule is CNC(=O)c1ccc(NCc2cccc(CN3CCCCCC3)c2)nn1. The molecule has 2 aromatic rings. The smallest absolute Gasteiger partial charge is 0.271 e. The van der Waals surface area contributed by atoms with E-state index in [-0.39, 0.29) is 5.91 Å². The molecule has 2 heterocycles. The van der Waals surface area contributed by atoms with Gasteiger partial charge >= 0.3 is 0 Å². The maximum absolute atomic E-state index is 11.5. The van der Waals surface area contributed by atoms with Gasteiger partial charge in [-0.25, -0.2) is 0 Å². The van der Waals surface area contributed by atoms with Crippen LogP contribution in [0, 0.1) is 0 Å². The highest BCUT2D eigenvalue weighted by Gasteiger charge is 2.10. The van der Waals surface area contributed by atoms with E-state index in [1.807, 2.05) is 0 Å². The van der Waals surface area contributed by atoms with Gasteiger partial charge in [0.15, 0.2) is 5.69 Å². The Morgan fingerprint density at radius 2 is 1.81 bits per heavy atom. The van der Waals surface area contributed by atoms with Crippen molar-refractivity contribution in [1.29, 1.82) is 0 Å². The molecule has 0 radical (unpaired) electrons. The van der Waals surface area contributed by atoms with Crippen LogP contribution in [0.4, 0.5) is 5.82 Å². The molecule has 0 aliphatic carbocycles. The summed E-state index contributed by atoms with van der Waals surface area (Å²) in [6.07, 6.45) is 5.35. The first-order chi connectivity index (χ1) is 12.7. The number of rotatable bonds is 6. The third kappa shape index (κ3) is 5.26. The molecule has 3 rings (SSSR count). The van der Waals surface area contributed by atoms with Crippen molar-refractivity contribution in [3.63, 3.8) is 0 Å². The first-order valence-corrected chi connectivity index (χ1v) is 9.34. The maximum Gasteiger partial charge on any atom is 0.271 e. The minimum atomic E-state index is -0.231. The van der Waals surface area contributed by atoms with Crippen LogP contribution in [-0.4, -0.2) is 41.1 Å². The molecule has 0 spiro atoms. The lowest BCUT2D eigenvalue weighted by atomic mass is 10.1. The molecule has 1 aromatic carbocycles. The second-order valence-electron chi connectivity index (χ2n) is 6.75. The Labute approximate surface area is 155 Å². The molecule has 1 amide bonds. The van der Waals surface area contributed by atoms with E-state index in [0.717, 1.165) is 6.54 Å². The third-order valence-corrected chi connectivity index (χ3v) is 4.69. The van der Waals surface area contributed by atoms with Crippen molar-refractivity contribution >= 4 is 11.7 Å². The van der Waals surface area contributed by atoms with Crippen molar-refractivity contribution in [3.05, 3.63) is 53.2 Å². The van der Waals surface area contributed by atoms with Gasteiger partial charge in [-0.05, 0) is 49.2 Å². The molecule has 26 heavy (non-hydrogen) atoms. The van der Waals surface area contributed by atoms with Crippen molar-refractivity contribution in [2.24, 2.45) is 0 Å². The quantitative estimate of drug-likeness (QED) is 0.836.